The van der Waals surface area contributed by atoms with Crippen molar-refractivity contribution in [1.82, 2.24) is 14.5 Å². The van der Waals surface area contributed by atoms with E-state index < -0.39 is 23.4 Å². The number of nitrogens with zero attached hydrogens (tertiary/aromatic N) is 3. The second kappa shape index (κ2) is 8.32. The molecule has 3 atom stereocenters. The molecule has 1 aliphatic rings. The minimum Gasteiger partial charge on any atom is -0.444 e. The van der Waals surface area contributed by atoms with Gasteiger partial charge < -0.3 is 14.6 Å². The van der Waals surface area contributed by atoms with Crippen molar-refractivity contribution in [2.45, 2.75) is 69.8 Å². The van der Waals surface area contributed by atoms with Crippen LogP contribution in [0.15, 0.2) is 12.5 Å². The molecular weight excluding hydrogens is 382 g/mol. The van der Waals surface area contributed by atoms with Gasteiger partial charge in [-0.15, -0.1) is 11.8 Å². The van der Waals surface area contributed by atoms with E-state index in [1.54, 1.807) is 38.9 Å². The molecule has 28 heavy (non-hydrogen) atoms. The Morgan fingerprint density at radius 3 is 2.36 bits per heavy atom. The van der Waals surface area contributed by atoms with Gasteiger partial charge in [-0.2, -0.15) is 0 Å². The Balaban J connectivity index is 2.04. The molecule has 2 rings (SSSR count). The van der Waals surface area contributed by atoms with Crippen LogP contribution < -0.4 is 0 Å². The largest absolute Gasteiger partial charge is 0.444 e. The minimum atomic E-state index is -0.588. The van der Waals surface area contributed by atoms with Gasteiger partial charge in [0.2, 0.25) is 0 Å². The predicted molar refractivity (Wildman–Crippen MR) is 107 cm³/mol. The smallest absolute Gasteiger partial charge is 0.419 e. The van der Waals surface area contributed by atoms with Gasteiger partial charge >= 0.3 is 12.2 Å². The van der Waals surface area contributed by atoms with Crippen LogP contribution in [0.3, 0.4) is 0 Å². The molecule has 0 radical (unpaired) electrons. The Hall–Kier alpha value is -1.74. The molecule has 1 aromatic heterocycles. The number of carbonyl (C=O) groups excluding carboxylic acids is 2. The Labute approximate surface area is 170 Å². The number of aromatic nitrogens is 2. The van der Waals surface area contributed by atoms with Gasteiger partial charge in [-0.05, 0) is 48.0 Å². The molecule has 1 aliphatic heterocycles. The number of carbonyl (C=O) groups is 2. The van der Waals surface area contributed by atoms with Gasteiger partial charge in [0.05, 0.1) is 17.7 Å². The van der Waals surface area contributed by atoms with E-state index >= 15 is 0 Å². The summed E-state index contributed by atoms with van der Waals surface area (Å²) in [6.07, 6.45) is 2.71. The van der Waals surface area contributed by atoms with E-state index in [0.29, 0.717) is 12.1 Å². The van der Waals surface area contributed by atoms with Crippen LogP contribution in [-0.2, 0) is 15.9 Å². The third-order valence-corrected chi connectivity index (χ3v) is 5.88. The molecule has 0 saturated carbocycles. The molecule has 0 bridgehead atoms. The van der Waals surface area contributed by atoms with E-state index in [0.717, 1.165) is 0 Å². The average Bonchev–Trinajstić information content (AvgIpc) is 2.97. The summed E-state index contributed by atoms with van der Waals surface area (Å²) < 4.78 is 12.1. The summed E-state index contributed by atoms with van der Waals surface area (Å²) in [6.45, 7) is 10.9. The molecule has 2 unspecified atom stereocenters. The number of thioether (sulfide) groups is 1. The maximum atomic E-state index is 12.4. The molecule has 2 heterocycles. The lowest BCUT2D eigenvalue weighted by atomic mass is 9.97. The highest BCUT2D eigenvalue weighted by Gasteiger charge is 2.46. The van der Waals surface area contributed by atoms with Gasteiger partial charge in [0, 0.05) is 24.4 Å². The van der Waals surface area contributed by atoms with E-state index in [1.807, 2.05) is 20.8 Å². The fourth-order valence-corrected chi connectivity index (χ4v) is 4.20. The molecule has 1 fully saturated rings. The van der Waals surface area contributed by atoms with Crippen LogP contribution in [0, 0.1) is 5.92 Å². The topological polar surface area (TPSA) is 93.9 Å². The van der Waals surface area contributed by atoms with Gasteiger partial charge in [0.25, 0.3) is 0 Å². The molecule has 158 valence electrons. The lowest BCUT2D eigenvalue weighted by Gasteiger charge is -2.47. The van der Waals surface area contributed by atoms with E-state index in [2.05, 4.69) is 4.98 Å². The summed E-state index contributed by atoms with van der Waals surface area (Å²) in [6, 6.07) is 0. The van der Waals surface area contributed by atoms with Gasteiger partial charge in [-0.25, -0.2) is 19.1 Å². The lowest BCUT2D eigenvalue weighted by Crippen LogP contribution is -2.54. The summed E-state index contributed by atoms with van der Waals surface area (Å²) in [5.74, 6) is 0.00880. The zero-order chi connectivity index (χ0) is 21.3. The highest BCUT2D eigenvalue weighted by Crippen LogP contribution is 2.45. The Bertz CT molecular complexity index is 707. The highest BCUT2D eigenvalue weighted by atomic mass is 32.2. The minimum absolute atomic E-state index is 0.00145. The van der Waals surface area contributed by atoms with Crippen LogP contribution >= 0.6 is 11.8 Å². The number of aliphatic hydroxyl groups excluding tert-OH is 1. The number of imidazole rings is 1. The molecule has 0 aliphatic carbocycles. The average molecular weight is 414 g/mol. The van der Waals surface area contributed by atoms with Crippen LogP contribution in [-0.4, -0.2) is 67.2 Å². The molecule has 0 spiro atoms. The zero-order valence-electron chi connectivity index (χ0n) is 17.6. The van der Waals surface area contributed by atoms with Crippen molar-refractivity contribution in [3.05, 3.63) is 18.2 Å². The number of aliphatic hydroxyl groups is 1. The second-order valence-corrected chi connectivity index (χ2v) is 10.3. The number of hydrogen-bond acceptors (Lipinski definition) is 7. The zero-order valence-corrected chi connectivity index (χ0v) is 18.4. The Morgan fingerprint density at radius 1 is 1.21 bits per heavy atom. The molecule has 9 heteroatoms. The van der Waals surface area contributed by atoms with Crippen LogP contribution in [0.2, 0.25) is 0 Å². The molecule has 8 nitrogen and oxygen atoms in total. The fourth-order valence-electron chi connectivity index (χ4n) is 2.83. The van der Waals surface area contributed by atoms with Crippen molar-refractivity contribution in [2.24, 2.45) is 5.92 Å². The van der Waals surface area contributed by atoms with Crippen LogP contribution in [0.4, 0.5) is 9.59 Å². The van der Waals surface area contributed by atoms with Crippen molar-refractivity contribution < 1.29 is 24.2 Å². The van der Waals surface area contributed by atoms with Crippen molar-refractivity contribution in [2.75, 3.05) is 13.7 Å². The molecule has 0 aromatic carbocycles. The van der Waals surface area contributed by atoms with Crippen molar-refractivity contribution in [1.29, 1.82) is 0 Å². The van der Waals surface area contributed by atoms with E-state index in [4.69, 9.17) is 9.47 Å². The number of ether oxygens (including phenoxy) is 2. The third kappa shape index (κ3) is 5.88. The van der Waals surface area contributed by atoms with Gasteiger partial charge in [-0.1, -0.05) is 0 Å². The second-order valence-electron chi connectivity index (χ2n) is 8.96. The third-order valence-electron chi connectivity index (χ3n) is 4.09. The number of amides is 1. The summed E-state index contributed by atoms with van der Waals surface area (Å²) in [5.41, 5.74) is -0.454. The standard InChI is InChI=1S/C19H31N3O5S/c1-18(2,3)26-16(24)21(7)15-13(14(10-23)28-15)8-12-9-22(11-20-12)17(25)27-19(4,5)6/h9,11,13-15,23H,8,10H2,1-7H3/t13-,14?,15?/m0/s1. The summed E-state index contributed by atoms with van der Waals surface area (Å²) >= 11 is 1.53. The number of hydrogen-bond donors (Lipinski definition) is 1. The van der Waals surface area contributed by atoms with Crippen molar-refractivity contribution in [3.8, 4) is 0 Å². The Kier molecular flexibility index (Phi) is 6.70. The van der Waals surface area contributed by atoms with Gasteiger partial charge in [-0.3, -0.25) is 4.90 Å². The molecule has 1 aromatic rings. The first kappa shape index (κ1) is 22.5. The maximum Gasteiger partial charge on any atom is 0.419 e. The molecular formula is C19H31N3O5S. The summed E-state index contributed by atoms with van der Waals surface area (Å²) in [7, 11) is 1.70. The van der Waals surface area contributed by atoms with Crippen molar-refractivity contribution >= 4 is 23.9 Å². The quantitative estimate of drug-likeness (QED) is 0.810. The monoisotopic (exact) mass is 413 g/mol. The maximum absolute atomic E-state index is 12.4. The van der Waals surface area contributed by atoms with Crippen LogP contribution in [0.1, 0.15) is 47.2 Å². The van der Waals surface area contributed by atoms with E-state index in [1.165, 1.54) is 22.7 Å². The van der Waals surface area contributed by atoms with E-state index in [-0.39, 0.29) is 23.1 Å². The SMILES string of the molecule is CN(C(=O)OC(C)(C)C)C1SC(CO)[C@@H]1Cc1cn(C(=O)OC(C)(C)C)cn1. The predicted octanol–water partition coefficient (Wildman–Crippen LogP) is 3.13. The molecule has 1 amide bonds. The normalized spacial score (nSPS) is 22.4. The summed E-state index contributed by atoms with van der Waals surface area (Å²) in [5, 5.41) is 9.50. The number of rotatable bonds is 4. The van der Waals surface area contributed by atoms with E-state index in [9.17, 15) is 14.7 Å². The molecule has 1 saturated heterocycles. The lowest BCUT2D eigenvalue weighted by molar-refractivity contribution is 0.0216. The highest BCUT2D eigenvalue weighted by molar-refractivity contribution is 8.01. The summed E-state index contributed by atoms with van der Waals surface area (Å²) in [4.78, 5) is 30.4. The van der Waals surface area contributed by atoms with Gasteiger partial charge in [0.1, 0.15) is 17.5 Å². The van der Waals surface area contributed by atoms with Gasteiger partial charge in [0.15, 0.2) is 0 Å². The van der Waals surface area contributed by atoms with Crippen molar-refractivity contribution in [3.63, 3.8) is 0 Å². The van der Waals surface area contributed by atoms with Crippen LogP contribution in [0.25, 0.3) is 0 Å². The molecule has 1 N–H and O–H groups in total. The first-order valence-electron chi connectivity index (χ1n) is 9.29. The fraction of sp³-hybridized carbons (Fsp3) is 0.737. The Morgan fingerprint density at radius 2 is 1.82 bits per heavy atom. The first-order valence-corrected chi connectivity index (χ1v) is 10.2. The first-order chi connectivity index (χ1) is 12.8. The van der Waals surface area contributed by atoms with Crippen LogP contribution in [0.5, 0.6) is 0 Å².